The van der Waals surface area contributed by atoms with Crippen LogP contribution in [-0.2, 0) is 4.79 Å². The topological polar surface area (TPSA) is 40.5 Å². The molecule has 0 unspecified atom stereocenters. The number of carboxylic acids is 1. The van der Waals surface area contributed by atoms with Crippen molar-refractivity contribution in [2.45, 2.75) is 13.8 Å². The summed E-state index contributed by atoms with van der Waals surface area (Å²) in [6.45, 7) is 5.11. The number of nitrogens with zero attached hydrogens (tertiary/aromatic N) is 1. The van der Waals surface area contributed by atoms with E-state index in [0.717, 1.165) is 23.9 Å². The van der Waals surface area contributed by atoms with Gasteiger partial charge in [-0.05, 0) is 23.6 Å². The first-order valence-electron chi connectivity index (χ1n) is 5.82. The smallest absolute Gasteiger partial charge is 0.328 e. The Hall–Kier alpha value is -1.48. The molecular weight excluding hydrogens is 250 g/mol. The van der Waals surface area contributed by atoms with Gasteiger partial charge < -0.3 is 10.0 Å². The van der Waals surface area contributed by atoms with Crippen LogP contribution in [0.25, 0.3) is 6.08 Å². The highest BCUT2D eigenvalue weighted by atomic mass is 35.5. The minimum absolute atomic E-state index is 0.502. The van der Waals surface area contributed by atoms with Crippen molar-refractivity contribution in [1.82, 2.24) is 0 Å². The fourth-order valence-corrected chi connectivity index (χ4v) is 2.20. The second kappa shape index (κ2) is 6.45. The van der Waals surface area contributed by atoms with Crippen LogP contribution in [-0.4, -0.2) is 24.7 Å². The molecule has 0 aliphatic carbocycles. The van der Waals surface area contributed by atoms with E-state index in [9.17, 15) is 4.79 Å². The highest BCUT2D eigenvalue weighted by Crippen LogP contribution is 2.30. The van der Waals surface area contributed by atoms with E-state index in [0.29, 0.717) is 10.9 Å². The van der Waals surface area contributed by atoms with Gasteiger partial charge in [-0.15, -0.1) is 0 Å². The van der Waals surface area contributed by atoms with Gasteiger partial charge in [-0.1, -0.05) is 37.6 Å². The first-order chi connectivity index (χ1) is 8.41. The van der Waals surface area contributed by atoms with Gasteiger partial charge in [-0.3, -0.25) is 0 Å². The molecule has 0 saturated heterocycles. The molecule has 3 nitrogen and oxygen atoms in total. The lowest BCUT2D eigenvalue weighted by atomic mass is 10.1. The number of hydrogen-bond acceptors (Lipinski definition) is 2. The summed E-state index contributed by atoms with van der Waals surface area (Å²) in [6.07, 6.45) is 2.69. The molecule has 18 heavy (non-hydrogen) atoms. The lowest BCUT2D eigenvalue weighted by Crippen LogP contribution is -2.23. The quantitative estimate of drug-likeness (QED) is 0.830. The van der Waals surface area contributed by atoms with Crippen LogP contribution in [0.5, 0.6) is 0 Å². The van der Waals surface area contributed by atoms with E-state index < -0.39 is 5.97 Å². The van der Waals surface area contributed by atoms with Crippen molar-refractivity contribution in [2.24, 2.45) is 5.92 Å². The Morgan fingerprint density at radius 3 is 2.72 bits per heavy atom. The van der Waals surface area contributed by atoms with Crippen LogP contribution in [0.1, 0.15) is 19.4 Å². The van der Waals surface area contributed by atoms with Crippen LogP contribution in [0.15, 0.2) is 24.3 Å². The van der Waals surface area contributed by atoms with Crippen molar-refractivity contribution in [2.75, 3.05) is 18.5 Å². The number of carbonyl (C=O) groups is 1. The highest BCUT2D eigenvalue weighted by Gasteiger charge is 2.11. The van der Waals surface area contributed by atoms with Crippen LogP contribution in [0.3, 0.4) is 0 Å². The fraction of sp³-hybridized carbons (Fsp3) is 0.357. The molecule has 98 valence electrons. The summed E-state index contributed by atoms with van der Waals surface area (Å²) in [5.74, 6) is -0.463. The SMILES string of the molecule is CC(C)CN(C)c1c(Cl)cccc1/C=C/C(=O)O. The molecule has 1 aromatic carbocycles. The van der Waals surface area contributed by atoms with Gasteiger partial charge in [-0.25, -0.2) is 4.79 Å². The Bertz CT molecular complexity index is 455. The van der Waals surface area contributed by atoms with Gasteiger partial charge in [0.05, 0.1) is 10.7 Å². The molecule has 0 aromatic heterocycles. The van der Waals surface area contributed by atoms with Gasteiger partial charge in [0, 0.05) is 19.7 Å². The van der Waals surface area contributed by atoms with E-state index in [1.54, 1.807) is 6.08 Å². The molecular formula is C14H18ClNO2. The van der Waals surface area contributed by atoms with Gasteiger partial charge >= 0.3 is 5.97 Å². The van der Waals surface area contributed by atoms with Crippen LogP contribution in [0.2, 0.25) is 5.02 Å². The van der Waals surface area contributed by atoms with Gasteiger partial charge in [0.25, 0.3) is 0 Å². The van der Waals surface area contributed by atoms with Crippen molar-refractivity contribution >= 4 is 29.3 Å². The van der Waals surface area contributed by atoms with Gasteiger partial charge in [0.1, 0.15) is 0 Å². The van der Waals surface area contributed by atoms with Gasteiger partial charge in [-0.2, -0.15) is 0 Å². The molecule has 1 rings (SSSR count). The Labute approximate surface area is 113 Å². The molecule has 0 fully saturated rings. The number of anilines is 1. The summed E-state index contributed by atoms with van der Waals surface area (Å²) in [7, 11) is 1.96. The summed E-state index contributed by atoms with van der Waals surface area (Å²) in [6, 6.07) is 5.49. The van der Waals surface area contributed by atoms with Crippen LogP contribution >= 0.6 is 11.6 Å². The Morgan fingerprint density at radius 1 is 1.50 bits per heavy atom. The fourth-order valence-electron chi connectivity index (χ4n) is 1.87. The third-order valence-corrected chi connectivity index (χ3v) is 2.75. The number of benzene rings is 1. The average molecular weight is 268 g/mol. The molecule has 0 atom stereocenters. The third-order valence-electron chi connectivity index (χ3n) is 2.44. The lowest BCUT2D eigenvalue weighted by molar-refractivity contribution is -0.131. The van der Waals surface area contributed by atoms with Crippen molar-refractivity contribution in [1.29, 1.82) is 0 Å². The first kappa shape index (κ1) is 14.6. The summed E-state index contributed by atoms with van der Waals surface area (Å²) in [5.41, 5.74) is 1.68. The van der Waals surface area contributed by atoms with E-state index in [2.05, 4.69) is 18.7 Å². The molecule has 1 N–H and O–H groups in total. The van der Waals surface area contributed by atoms with Crippen molar-refractivity contribution in [3.63, 3.8) is 0 Å². The molecule has 0 amide bonds. The van der Waals surface area contributed by atoms with Crippen LogP contribution in [0, 0.1) is 5.92 Å². The predicted octanol–water partition coefficient (Wildman–Crippen LogP) is 3.53. The second-order valence-corrected chi connectivity index (χ2v) is 5.03. The molecule has 0 aliphatic rings. The summed E-state index contributed by atoms with van der Waals surface area (Å²) >= 11 is 6.20. The average Bonchev–Trinajstić information content (AvgIpc) is 2.24. The Balaban J connectivity index is 3.11. The lowest BCUT2D eigenvalue weighted by Gasteiger charge is -2.24. The predicted molar refractivity (Wildman–Crippen MR) is 76.2 cm³/mol. The molecule has 1 aromatic rings. The highest BCUT2D eigenvalue weighted by molar-refractivity contribution is 6.33. The number of hydrogen-bond donors (Lipinski definition) is 1. The molecule has 0 aliphatic heterocycles. The largest absolute Gasteiger partial charge is 0.478 e. The second-order valence-electron chi connectivity index (χ2n) is 4.62. The zero-order chi connectivity index (χ0) is 13.7. The maximum absolute atomic E-state index is 10.6. The maximum atomic E-state index is 10.6. The van der Waals surface area contributed by atoms with E-state index in [4.69, 9.17) is 16.7 Å². The van der Waals surface area contributed by atoms with Gasteiger partial charge in [0.15, 0.2) is 0 Å². The zero-order valence-corrected chi connectivity index (χ0v) is 11.6. The van der Waals surface area contributed by atoms with E-state index in [1.165, 1.54) is 0 Å². The zero-order valence-electron chi connectivity index (χ0n) is 10.9. The van der Waals surface area contributed by atoms with Crippen LogP contribution in [0.4, 0.5) is 5.69 Å². The molecule has 4 heteroatoms. The third kappa shape index (κ3) is 4.08. The Morgan fingerprint density at radius 2 is 2.17 bits per heavy atom. The van der Waals surface area contributed by atoms with Crippen molar-refractivity contribution < 1.29 is 9.90 Å². The summed E-state index contributed by atoms with van der Waals surface area (Å²) < 4.78 is 0. The summed E-state index contributed by atoms with van der Waals surface area (Å²) in [4.78, 5) is 12.6. The molecule has 0 radical (unpaired) electrons. The minimum Gasteiger partial charge on any atom is -0.478 e. The van der Waals surface area contributed by atoms with Crippen LogP contribution < -0.4 is 4.90 Å². The first-order valence-corrected chi connectivity index (χ1v) is 6.20. The molecule has 0 heterocycles. The minimum atomic E-state index is -0.965. The Kier molecular flexibility index (Phi) is 5.23. The van der Waals surface area contributed by atoms with Crippen molar-refractivity contribution in [3.8, 4) is 0 Å². The summed E-state index contributed by atoms with van der Waals surface area (Å²) in [5, 5.41) is 9.32. The van der Waals surface area contributed by atoms with Gasteiger partial charge in [0.2, 0.25) is 0 Å². The number of carboxylic acid groups (broad SMARTS) is 1. The standard InChI is InChI=1S/C14H18ClNO2/c1-10(2)9-16(3)14-11(7-8-13(17)18)5-4-6-12(14)15/h4-8,10H,9H2,1-3H3,(H,17,18)/b8-7+. The number of halogens is 1. The van der Waals surface area contributed by atoms with Crippen molar-refractivity contribution in [3.05, 3.63) is 34.9 Å². The maximum Gasteiger partial charge on any atom is 0.328 e. The number of aliphatic carboxylic acids is 1. The van der Waals surface area contributed by atoms with E-state index in [1.807, 2.05) is 25.2 Å². The molecule has 0 spiro atoms. The van der Waals surface area contributed by atoms with E-state index >= 15 is 0 Å². The number of rotatable bonds is 5. The molecule has 0 bridgehead atoms. The normalized spacial score (nSPS) is 11.2. The van der Waals surface area contributed by atoms with E-state index in [-0.39, 0.29) is 0 Å². The molecule has 0 saturated carbocycles. The number of para-hydroxylation sites is 1. The monoisotopic (exact) mass is 267 g/mol.